The van der Waals surface area contributed by atoms with Crippen LogP contribution in [0.1, 0.15) is 49.4 Å². The number of carbonyl (C=O) groups excluding carboxylic acids is 2. The number of aliphatic imine (C=N–C) groups is 1. The van der Waals surface area contributed by atoms with E-state index in [4.69, 9.17) is 9.73 Å². The van der Waals surface area contributed by atoms with E-state index in [0.29, 0.717) is 28.0 Å². The van der Waals surface area contributed by atoms with Gasteiger partial charge in [0.05, 0.1) is 18.4 Å². The van der Waals surface area contributed by atoms with Crippen molar-refractivity contribution in [2.75, 3.05) is 23.5 Å². The topological polar surface area (TPSA) is 91.8 Å². The molecule has 0 aromatic heterocycles. The number of hydrogen-bond donors (Lipinski definition) is 3. The lowest BCUT2D eigenvalue weighted by atomic mass is 9.94. The van der Waals surface area contributed by atoms with E-state index in [1.807, 2.05) is 86.6 Å². The smallest absolute Gasteiger partial charge is 0.255 e. The summed E-state index contributed by atoms with van der Waals surface area (Å²) in [4.78, 5) is 31.2. The molecule has 0 saturated heterocycles. The number of rotatable bonds is 8. The highest BCUT2D eigenvalue weighted by Gasteiger charge is 2.30. The number of benzene rings is 3. The molecule has 0 bridgehead atoms. The second-order valence-corrected chi connectivity index (χ2v) is 10.6. The Labute approximate surface area is 234 Å². The van der Waals surface area contributed by atoms with Gasteiger partial charge in [0, 0.05) is 17.1 Å². The van der Waals surface area contributed by atoms with E-state index in [-0.39, 0.29) is 17.6 Å². The Kier molecular flexibility index (Phi) is 9.09. The number of allylic oxidation sites excluding steroid dienone is 1. The third kappa shape index (κ3) is 6.89. The number of methoxy groups -OCH3 is 1. The van der Waals surface area contributed by atoms with Gasteiger partial charge in [0.15, 0.2) is 5.17 Å². The van der Waals surface area contributed by atoms with E-state index in [9.17, 15) is 9.59 Å². The third-order valence-electron chi connectivity index (χ3n) is 6.44. The summed E-state index contributed by atoms with van der Waals surface area (Å²) in [6, 6.07) is 22.4. The Morgan fingerprint density at radius 1 is 1.00 bits per heavy atom. The normalized spacial score (nSPS) is 14.9. The quantitative estimate of drug-likeness (QED) is 0.306. The number of amidine groups is 1. The maximum Gasteiger partial charge on any atom is 0.255 e. The molecule has 3 aromatic carbocycles. The van der Waals surface area contributed by atoms with Crippen LogP contribution in [0.2, 0.25) is 0 Å². The largest absolute Gasteiger partial charge is 0.496 e. The fourth-order valence-electron chi connectivity index (χ4n) is 4.42. The second-order valence-electron chi connectivity index (χ2n) is 9.63. The summed E-state index contributed by atoms with van der Waals surface area (Å²) in [5, 5.41) is 9.82. The number of anilines is 2. The number of ether oxygens (including phenoxy) is 1. The van der Waals surface area contributed by atoms with Crippen molar-refractivity contribution in [2.45, 2.75) is 39.7 Å². The predicted octanol–water partition coefficient (Wildman–Crippen LogP) is 6.41. The molecule has 1 atom stereocenters. The molecule has 3 N–H and O–H groups in total. The Bertz CT molecular complexity index is 1420. The molecule has 3 aromatic rings. The van der Waals surface area contributed by atoms with Crippen LogP contribution in [-0.4, -0.2) is 29.8 Å². The molecule has 0 fully saturated rings. The fraction of sp³-hybridized carbons (Fsp3) is 0.258. The van der Waals surface area contributed by atoms with Gasteiger partial charge in [0.25, 0.3) is 5.91 Å². The van der Waals surface area contributed by atoms with Gasteiger partial charge in [0.2, 0.25) is 5.91 Å². The van der Waals surface area contributed by atoms with Crippen LogP contribution in [0, 0.1) is 6.92 Å². The van der Waals surface area contributed by atoms with E-state index in [1.165, 1.54) is 11.8 Å². The highest BCUT2D eigenvalue weighted by atomic mass is 32.2. The van der Waals surface area contributed by atoms with Crippen LogP contribution in [0.25, 0.3) is 0 Å². The van der Waals surface area contributed by atoms with Gasteiger partial charge in [-0.2, -0.15) is 0 Å². The maximum absolute atomic E-state index is 13.5. The van der Waals surface area contributed by atoms with Crippen molar-refractivity contribution < 1.29 is 14.3 Å². The summed E-state index contributed by atoms with van der Waals surface area (Å²) >= 11 is 1.30. The van der Waals surface area contributed by atoms with Gasteiger partial charge in [-0.05, 0) is 60.7 Å². The fourth-order valence-corrected chi connectivity index (χ4v) is 5.16. The zero-order valence-electron chi connectivity index (χ0n) is 22.9. The number of para-hydroxylation sites is 2. The van der Waals surface area contributed by atoms with Crippen LogP contribution < -0.4 is 20.7 Å². The minimum Gasteiger partial charge on any atom is -0.496 e. The maximum atomic E-state index is 13.5. The van der Waals surface area contributed by atoms with Crippen molar-refractivity contribution in [3.63, 3.8) is 0 Å². The SMILES string of the molecule is COc1cc([C@@H]2N=C(SCC(=O)Nc3ccccc3C(C)C)NC(C)=C2C(=O)Nc2ccccc2)ccc1C. The van der Waals surface area contributed by atoms with Gasteiger partial charge in [-0.1, -0.05) is 74.1 Å². The van der Waals surface area contributed by atoms with Crippen molar-refractivity contribution in [2.24, 2.45) is 4.99 Å². The number of aryl methyl sites for hydroxylation is 1. The molecule has 0 spiro atoms. The van der Waals surface area contributed by atoms with E-state index in [1.54, 1.807) is 7.11 Å². The summed E-state index contributed by atoms with van der Waals surface area (Å²) in [5.41, 5.74) is 5.60. The number of thioether (sulfide) groups is 1. The van der Waals surface area contributed by atoms with Crippen molar-refractivity contribution in [3.05, 3.63) is 101 Å². The van der Waals surface area contributed by atoms with Crippen LogP contribution >= 0.6 is 11.8 Å². The number of hydrogen-bond acceptors (Lipinski definition) is 6. The lowest BCUT2D eigenvalue weighted by molar-refractivity contribution is -0.114. The molecule has 1 aliphatic rings. The van der Waals surface area contributed by atoms with Gasteiger partial charge < -0.3 is 20.7 Å². The Morgan fingerprint density at radius 2 is 1.72 bits per heavy atom. The molecule has 0 unspecified atom stereocenters. The summed E-state index contributed by atoms with van der Waals surface area (Å²) < 4.78 is 5.54. The lowest BCUT2D eigenvalue weighted by Gasteiger charge is -2.27. The van der Waals surface area contributed by atoms with Crippen LogP contribution in [-0.2, 0) is 9.59 Å². The van der Waals surface area contributed by atoms with Crippen molar-refractivity contribution in [1.29, 1.82) is 0 Å². The highest BCUT2D eigenvalue weighted by Crippen LogP contribution is 2.35. The van der Waals surface area contributed by atoms with E-state index < -0.39 is 6.04 Å². The van der Waals surface area contributed by atoms with Crippen LogP contribution in [0.3, 0.4) is 0 Å². The first kappa shape index (κ1) is 28.0. The van der Waals surface area contributed by atoms with Gasteiger partial charge in [-0.15, -0.1) is 0 Å². The Balaban J connectivity index is 1.57. The van der Waals surface area contributed by atoms with Gasteiger partial charge in [0.1, 0.15) is 11.8 Å². The first-order chi connectivity index (χ1) is 18.8. The molecule has 0 aliphatic carbocycles. The number of nitrogens with one attached hydrogen (secondary N) is 3. The highest BCUT2D eigenvalue weighted by molar-refractivity contribution is 8.14. The third-order valence-corrected chi connectivity index (χ3v) is 7.33. The van der Waals surface area contributed by atoms with Crippen LogP contribution in [0.5, 0.6) is 5.75 Å². The molecule has 1 heterocycles. The van der Waals surface area contributed by atoms with Crippen molar-refractivity contribution in [3.8, 4) is 5.75 Å². The number of amides is 2. The molecule has 8 heteroatoms. The molecule has 0 saturated carbocycles. The molecule has 1 aliphatic heterocycles. The Hall–Kier alpha value is -4.04. The molecule has 202 valence electrons. The van der Waals surface area contributed by atoms with E-state index in [0.717, 1.165) is 28.1 Å². The van der Waals surface area contributed by atoms with Crippen LogP contribution in [0.4, 0.5) is 11.4 Å². The molecule has 0 radical (unpaired) electrons. The average Bonchev–Trinajstić information content (AvgIpc) is 2.92. The lowest BCUT2D eigenvalue weighted by Crippen LogP contribution is -2.32. The number of carbonyl (C=O) groups is 2. The monoisotopic (exact) mass is 542 g/mol. The first-order valence-electron chi connectivity index (χ1n) is 12.8. The average molecular weight is 543 g/mol. The summed E-state index contributed by atoms with van der Waals surface area (Å²) in [6.45, 7) is 8.02. The molecule has 7 nitrogen and oxygen atoms in total. The zero-order valence-corrected chi connectivity index (χ0v) is 23.7. The second kappa shape index (κ2) is 12.7. The molecule has 39 heavy (non-hydrogen) atoms. The van der Waals surface area contributed by atoms with Crippen molar-refractivity contribution in [1.82, 2.24) is 5.32 Å². The van der Waals surface area contributed by atoms with Crippen molar-refractivity contribution >= 4 is 40.1 Å². The summed E-state index contributed by atoms with van der Waals surface area (Å²) in [6.07, 6.45) is 0. The van der Waals surface area contributed by atoms with Gasteiger partial charge in [-0.3, -0.25) is 9.59 Å². The van der Waals surface area contributed by atoms with E-state index >= 15 is 0 Å². The number of nitrogens with zero attached hydrogens (tertiary/aromatic N) is 1. The van der Waals surface area contributed by atoms with E-state index in [2.05, 4.69) is 29.8 Å². The van der Waals surface area contributed by atoms with Gasteiger partial charge >= 0.3 is 0 Å². The minimum atomic E-state index is -0.573. The molecule has 4 rings (SSSR count). The summed E-state index contributed by atoms with van der Waals surface area (Å²) in [7, 11) is 1.62. The summed E-state index contributed by atoms with van der Waals surface area (Å²) in [5.74, 6) is 0.811. The zero-order chi connectivity index (χ0) is 27.9. The Morgan fingerprint density at radius 3 is 2.44 bits per heavy atom. The predicted molar refractivity (Wildman–Crippen MR) is 160 cm³/mol. The standard InChI is InChI=1S/C31H34N4O3S/c1-19(2)24-13-9-10-14-25(24)34-27(36)18-39-31-32-21(4)28(30(37)33-23-11-7-6-8-12-23)29(35-31)22-16-15-20(3)26(17-22)38-5/h6-17,19,29H,18H2,1-5H3,(H,32,35)(H,33,37)(H,34,36)/t29-/m0/s1. The molecular weight excluding hydrogens is 508 g/mol. The first-order valence-corrected chi connectivity index (χ1v) is 13.8. The minimum absolute atomic E-state index is 0.125. The molecular formula is C31H34N4O3S. The van der Waals surface area contributed by atoms with Gasteiger partial charge in [-0.25, -0.2) is 4.99 Å². The molecule has 2 amide bonds. The van der Waals surface area contributed by atoms with Crippen LogP contribution in [0.15, 0.2) is 89.1 Å².